The molecule has 0 aliphatic carbocycles. The molecule has 1 N–H and O–H groups in total. The monoisotopic (exact) mass is 521 g/mol. The number of benzene rings is 2. The summed E-state index contributed by atoms with van der Waals surface area (Å²) >= 11 is 0. The van der Waals surface area contributed by atoms with Crippen LogP contribution in [0.3, 0.4) is 0 Å². The third kappa shape index (κ3) is 8.22. The zero-order chi connectivity index (χ0) is 27.1. The van der Waals surface area contributed by atoms with Gasteiger partial charge in [0.15, 0.2) is 0 Å². The zero-order valence-electron chi connectivity index (χ0n) is 21.7. The van der Waals surface area contributed by atoms with Crippen molar-refractivity contribution >= 4 is 27.5 Å². The van der Waals surface area contributed by atoms with Crippen LogP contribution in [0.1, 0.15) is 46.1 Å². The summed E-state index contributed by atoms with van der Waals surface area (Å²) in [6, 6.07) is 11.9. The minimum atomic E-state index is -3.66. The molecule has 1 atom stereocenters. The van der Waals surface area contributed by atoms with E-state index in [4.69, 9.17) is 4.74 Å². The van der Waals surface area contributed by atoms with Crippen molar-refractivity contribution in [2.45, 2.75) is 58.7 Å². The summed E-state index contributed by atoms with van der Waals surface area (Å²) in [7, 11) is -2.21. The summed E-state index contributed by atoms with van der Waals surface area (Å²) in [5, 5.41) is 2.86. The molecule has 2 aromatic carbocycles. The molecule has 2 rings (SSSR count). The van der Waals surface area contributed by atoms with Gasteiger partial charge in [0.05, 0.1) is 19.1 Å². The Hall–Kier alpha value is -3.14. The van der Waals surface area contributed by atoms with Crippen LogP contribution in [0.4, 0.5) is 10.1 Å². The van der Waals surface area contributed by atoms with Gasteiger partial charge < -0.3 is 15.0 Å². The quantitative estimate of drug-likeness (QED) is 0.486. The van der Waals surface area contributed by atoms with E-state index >= 15 is 0 Å². The smallest absolute Gasteiger partial charge is 0.242 e. The van der Waals surface area contributed by atoms with E-state index in [2.05, 4.69) is 5.32 Å². The fourth-order valence-corrected chi connectivity index (χ4v) is 4.65. The fraction of sp³-hybridized carbons (Fsp3) is 0.462. The Kier molecular flexibility index (Phi) is 9.86. The Bertz CT molecular complexity index is 1160. The normalized spacial score (nSPS) is 12.5. The third-order valence-corrected chi connectivity index (χ3v) is 6.65. The van der Waals surface area contributed by atoms with Crippen LogP contribution in [-0.4, -0.2) is 56.6 Å². The molecule has 0 aliphatic rings. The molecule has 198 valence electrons. The molecule has 0 saturated heterocycles. The molecule has 0 heterocycles. The van der Waals surface area contributed by atoms with Gasteiger partial charge in [-0.3, -0.25) is 13.9 Å². The molecular formula is C26H36FN3O5S. The van der Waals surface area contributed by atoms with Gasteiger partial charge in [0, 0.05) is 30.6 Å². The fourth-order valence-electron chi connectivity index (χ4n) is 3.69. The number of methoxy groups -OCH3 is 1. The van der Waals surface area contributed by atoms with E-state index in [0.717, 1.165) is 6.26 Å². The van der Waals surface area contributed by atoms with Crippen molar-refractivity contribution in [3.63, 3.8) is 0 Å². The first-order valence-corrected chi connectivity index (χ1v) is 13.5. The molecule has 36 heavy (non-hydrogen) atoms. The van der Waals surface area contributed by atoms with Crippen LogP contribution in [0.2, 0.25) is 0 Å². The molecule has 2 amide bonds. The van der Waals surface area contributed by atoms with Crippen molar-refractivity contribution in [2.24, 2.45) is 0 Å². The number of halogens is 1. The maximum atomic E-state index is 14.4. The molecule has 0 unspecified atom stereocenters. The molecule has 0 spiro atoms. The number of sulfonamides is 1. The molecule has 0 radical (unpaired) electrons. The zero-order valence-corrected chi connectivity index (χ0v) is 22.6. The molecule has 0 fully saturated rings. The van der Waals surface area contributed by atoms with Crippen LogP contribution < -0.4 is 14.4 Å². The number of nitrogens with zero attached hydrogens (tertiary/aromatic N) is 2. The predicted octanol–water partition coefficient (Wildman–Crippen LogP) is 3.71. The van der Waals surface area contributed by atoms with Crippen molar-refractivity contribution in [2.75, 3.05) is 24.2 Å². The van der Waals surface area contributed by atoms with E-state index in [1.165, 1.54) is 22.4 Å². The molecule has 0 aliphatic heterocycles. The highest BCUT2D eigenvalue weighted by molar-refractivity contribution is 7.92. The van der Waals surface area contributed by atoms with Gasteiger partial charge in [-0.25, -0.2) is 12.8 Å². The van der Waals surface area contributed by atoms with Gasteiger partial charge in [-0.2, -0.15) is 0 Å². The first-order valence-electron chi connectivity index (χ1n) is 11.7. The number of hydrogen-bond acceptors (Lipinski definition) is 5. The summed E-state index contributed by atoms with van der Waals surface area (Å²) in [4.78, 5) is 27.5. The Labute approximate surface area is 213 Å². The van der Waals surface area contributed by atoms with Crippen LogP contribution in [0.5, 0.6) is 5.75 Å². The highest BCUT2D eigenvalue weighted by Gasteiger charge is 2.29. The second-order valence-corrected chi connectivity index (χ2v) is 11.5. The lowest BCUT2D eigenvalue weighted by molar-refractivity contribution is -0.141. The molecule has 0 saturated carbocycles. The molecule has 2 aromatic rings. The van der Waals surface area contributed by atoms with Crippen molar-refractivity contribution < 1.29 is 27.1 Å². The number of carbonyl (C=O) groups is 2. The number of amides is 2. The predicted molar refractivity (Wildman–Crippen MR) is 139 cm³/mol. The van der Waals surface area contributed by atoms with Crippen molar-refractivity contribution in [3.05, 3.63) is 59.9 Å². The van der Waals surface area contributed by atoms with Gasteiger partial charge in [0.25, 0.3) is 0 Å². The second kappa shape index (κ2) is 12.2. The summed E-state index contributed by atoms with van der Waals surface area (Å²) in [6.07, 6.45) is 1.23. The number of para-hydroxylation sites is 2. The molecule has 10 heteroatoms. The summed E-state index contributed by atoms with van der Waals surface area (Å²) < 4.78 is 45.9. The molecule has 8 nitrogen and oxygen atoms in total. The number of rotatable bonds is 11. The Balaban J connectivity index is 2.23. The Morgan fingerprint density at radius 2 is 1.69 bits per heavy atom. The van der Waals surface area contributed by atoms with Gasteiger partial charge >= 0.3 is 0 Å². The van der Waals surface area contributed by atoms with E-state index < -0.39 is 27.4 Å². The molecule has 0 aromatic heterocycles. The van der Waals surface area contributed by atoms with Crippen molar-refractivity contribution in [1.29, 1.82) is 0 Å². The summed E-state index contributed by atoms with van der Waals surface area (Å²) in [6.45, 7) is 7.03. The number of ether oxygens (including phenoxy) is 1. The third-order valence-electron chi connectivity index (χ3n) is 5.47. The minimum Gasteiger partial charge on any atom is -0.495 e. The van der Waals surface area contributed by atoms with E-state index in [1.54, 1.807) is 49.4 Å². The number of carbonyl (C=O) groups excluding carboxylic acids is 2. The van der Waals surface area contributed by atoms with Gasteiger partial charge in [-0.15, -0.1) is 0 Å². The molecular weight excluding hydrogens is 485 g/mol. The van der Waals surface area contributed by atoms with Crippen LogP contribution in [0.15, 0.2) is 48.5 Å². The first kappa shape index (κ1) is 29.1. The maximum Gasteiger partial charge on any atom is 0.242 e. The summed E-state index contributed by atoms with van der Waals surface area (Å²) in [5.74, 6) is -0.830. The minimum absolute atomic E-state index is 0.0288. The van der Waals surface area contributed by atoms with Gasteiger partial charge in [-0.05, 0) is 52.3 Å². The SMILES string of the molecule is COc1ccccc1N(CCCC(=O)N(Cc1ccccc1F)[C@@H](C)C(=O)NC(C)(C)C)S(C)(=O)=O. The number of nitrogens with one attached hydrogen (secondary N) is 1. The van der Waals surface area contributed by atoms with Crippen LogP contribution in [0, 0.1) is 5.82 Å². The average molecular weight is 522 g/mol. The Morgan fingerprint density at radius 3 is 2.28 bits per heavy atom. The summed E-state index contributed by atoms with van der Waals surface area (Å²) in [5.41, 5.74) is 0.145. The van der Waals surface area contributed by atoms with Crippen LogP contribution in [0.25, 0.3) is 0 Å². The highest BCUT2D eigenvalue weighted by Crippen LogP contribution is 2.29. The van der Waals surface area contributed by atoms with Crippen molar-refractivity contribution in [3.8, 4) is 5.75 Å². The van der Waals surface area contributed by atoms with E-state index in [0.29, 0.717) is 11.4 Å². The average Bonchev–Trinajstić information content (AvgIpc) is 2.79. The highest BCUT2D eigenvalue weighted by atomic mass is 32.2. The lowest BCUT2D eigenvalue weighted by Crippen LogP contribution is -2.52. The maximum absolute atomic E-state index is 14.4. The van der Waals surface area contributed by atoms with E-state index in [1.807, 2.05) is 20.8 Å². The van der Waals surface area contributed by atoms with Crippen LogP contribution >= 0.6 is 0 Å². The standard InChI is InChI=1S/C26H36FN3O5S/c1-19(25(32)28-26(2,3)4)29(18-20-12-7-8-13-21(20)27)24(31)16-11-17-30(36(6,33)34)22-14-9-10-15-23(22)35-5/h7-10,12-15,19H,11,16-18H2,1-6H3,(H,28,32)/t19-/m0/s1. The van der Waals surface area contributed by atoms with E-state index in [-0.39, 0.29) is 43.3 Å². The topological polar surface area (TPSA) is 96.0 Å². The van der Waals surface area contributed by atoms with Gasteiger partial charge in [0.1, 0.15) is 17.6 Å². The lowest BCUT2D eigenvalue weighted by Gasteiger charge is -2.32. The largest absolute Gasteiger partial charge is 0.495 e. The number of anilines is 1. The lowest BCUT2D eigenvalue weighted by atomic mass is 10.1. The first-order chi connectivity index (χ1) is 16.7. The van der Waals surface area contributed by atoms with Crippen LogP contribution in [-0.2, 0) is 26.2 Å². The molecule has 0 bridgehead atoms. The van der Waals surface area contributed by atoms with E-state index in [9.17, 15) is 22.4 Å². The van der Waals surface area contributed by atoms with Gasteiger partial charge in [-0.1, -0.05) is 30.3 Å². The van der Waals surface area contributed by atoms with Crippen molar-refractivity contribution in [1.82, 2.24) is 10.2 Å². The van der Waals surface area contributed by atoms with Gasteiger partial charge in [0.2, 0.25) is 21.8 Å². The second-order valence-electron chi connectivity index (χ2n) is 9.64. The number of hydrogen-bond donors (Lipinski definition) is 1. The Morgan fingerprint density at radius 1 is 1.08 bits per heavy atom.